The van der Waals surface area contributed by atoms with Crippen LogP contribution in [0.3, 0.4) is 0 Å². The number of aliphatic hydroxyl groups excluding tert-OH is 1. The molecule has 0 aliphatic rings. The van der Waals surface area contributed by atoms with E-state index in [0.29, 0.717) is 25.7 Å². The van der Waals surface area contributed by atoms with Gasteiger partial charge in [-0.05, 0) is 31.6 Å². The minimum atomic E-state index is -4.95. The van der Waals surface area contributed by atoms with E-state index >= 15 is 0 Å². The first kappa shape index (κ1) is 91.1. The summed E-state index contributed by atoms with van der Waals surface area (Å²) in [6, 6.07) is 0. The van der Waals surface area contributed by atoms with Gasteiger partial charge in [0.1, 0.15) is 19.3 Å². The molecule has 93 heavy (non-hydrogen) atoms. The van der Waals surface area contributed by atoms with Gasteiger partial charge in [-0.25, -0.2) is 9.13 Å². The third-order valence-corrected chi connectivity index (χ3v) is 19.2. The SMILES string of the molecule is CCCCCCCCCCCCCCCCCCCCCC(=O)O[C@H](COC(=O)CCCCCCCCCCCCCCCCCC(C)C)COP(=O)(O)OC[C@@H](O)COP(=O)(O)OC[C@@H](COC(=O)CCCCCCCCCC)OC(=O)CCCCCCCCCC. The van der Waals surface area contributed by atoms with Gasteiger partial charge in [0.25, 0.3) is 0 Å². The average molecular weight is 1370 g/mol. The van der Waals surface area contributed by atoms with Crippen molar-refractivity contribution in [2.75, 3.05) is 39.6 Å². The summed E-state index contributed by atoms with van der Waals surface area (Å²) in [7, 11) is -9.90. The van der Waals surface area contributed by atoms with E-state index in [2.05, 4.69) is 34.6 Å². The number of unbranched alkanes of at least 4 members (excludes halogenated alkanes) is 46. The number of ether oxygens (including phenoxy) is 4. The molecule has 0 bridgehead atoms. The van der Waals surface area contributed by atoms with Crippen molar-refractivity contribution in [1.29, 1.82) is 0 Å². The first-order chi connectivity index (χ1) is 45.0. The Hall–Kier alpha value is -1.94. The van der Waals surface area contributed by atoms with Crippen molar-refractivity contribution in [2.24, 2.45) is 5.92 Å². The predicted octanol–water partition coefficient (Wildman–Crippen LogP) is 21.7. The molecule has 0 aromatic rings. The highest BCUT2D eigenvalue weighted by Crippen LogP contribution is 2.45. The van der Waals surface area contributed by atoms with Crippen molar-refractivity contribution in [1.82, 2.24) is 0 Å². The molecule has 0 aromatic heterocycles. The van der Waals surface area contributed by atoms with Crippen molar-refractivity contribution in [2.45, 2.75) is 406 Å². The van der Waals surface area contributed by atoms with Gasteiger partial charge in [0.05, 0.1) is 26.4 Å². The van der Waals surface area contributed by atoms with Gasteiger partial charge in [-0.3, -0.25) is 37.3 Å². The highest BCUT2D eigenvalue weighted by molar-refractivity contribution is 7.47. The van der Waals surface area contributed by atoms with Gasteiger partial charge in [-0.1, -0.05) is 336 Å². The highest BCUT2D eigenvalue weighted by Gasteiger charge is 2.30. The molecule has 0 radical (unpaired) electrons. The Morgan fingerprint density at radius 1 is 0.290 bits per heavy atom. The minimum Gasteiger partial charge on any atom is -0.462 e. The molecule has 0 aromatic carbocycles. The smallest absolute Gasteiger partial charge is 0.462 e. The van der Waals surface area contributed by atoms with Crippen LogP contribution >= 0.6 is 15.6 Å². The fraction of sp³-hybridized carbons (Fsp3) is 0.946. The van der Waals surface area contributed by atoms with Gasteiger partial charge >= 0.3 is 39.5 Å². The standard InChI is InChI=1S/C74H144O17P2/c1-6-9-12-15-18-21-22-23-24-25-26-27-30-34-37-40-45-50-55-60-74(79)91-70(64-85-72(77)58-53-48-44-39-36-33-31-28-29-32-35-38-41-46-51-56-67(4)5)66-89-93(82,83)87-62-68(75)61-86-92(80,81)88-65-69(90-73(78)59-54-49-43-20-17-14-11-8-3)63-84-71(76)57-52-47-42-19-16-13-10-7-2/h67-70,75H,6-66H2,1-5H3,(H,80,81)(H,82,83)/t68-,69+,70+/m0/s1. The second-order valence-corrected chi connectivity index (χ2v) is 30.1. The molecule has 0 rings (SSSR count). The summed E-state index contributed by atoms with van der Waals surface area (Å²) < 4.78 is 68.3. The zero-order valence-corrected chi connectivity index (χ0v) is 62.2. The average Bonchev–Trinajstić information content (AvgIpc) is 2.52. The van der Waals surface area contributed by atoms with Gasteiger partial charge in [0.2, 0.25) is 0 Å². The molecule has 5 atom stereocenters. The second-order valence-electron chi connectivity index (χ2n) is 27.2. The summed E-state index contributed by atoms with van der Waals surface area (Å²) in [5.41, 5.74) is 0. The van der Waals surface area contributed by atoms with Crippen LogP contribution in [0.15, 0.2) is 0 Å². The Bertz CT molecular complexity index is 1790. The third-order valence-electron chi connectivity index (χ3n) is 17.3. The number of esters is 4. The molecule has 19 heteroatoms. The first-order valence-corrected chi connectivity index (χ1v) is 41.6. The molecule has 0 aliphatic heterocycles. The summed E-state index contributed by atoms with van der Waals surface area (Å²) in [5.74, 6) is -1.32. The zero-order valence-electron chi connectivity index (χ0n) is 60.4. The lowest BCUT2D eigenvalue weighted by Crippen LogP contribution is -2.30. The largest absolute Gasteiger partial charge is 0.472 e. The number of phosphoric acid groups is 2. The fourth-order valence-corrected chi connectivity index (χ4v) is 12.9. The van der Waals surface area contributed by atoms with Crippen LogP contribution in [0.5, 0.6) is 0 Å². The number of rotatable bonds is 74. The molecule has 0 amide bonds. The molecule has 17 nitrogen and oxygen atoms in total. The Morgan fingerprint density at radius 3 is 0.731 bits per heavy atom. The van der Waals surface area contributed by atoms with E-state index in [-0.39, 0.29) is 25.7 Å². The van der Waals surface area contributed by atoms with E-state index in [1.165, 1.54) is 199 Å². The molecule has 0 fully saturated rings. The summed E-state index contributed by atoms with van der Waals surface area (Å²) in [4.78, 5) is 72.5. The predicted molar refractivity (Wildman–Crippen MR) is 377 cm³/mol. The summed E-state index contributed by atoms with van der Waals surface area (Å²) in [6.45, 7) is 7.25. The molecule has 0 heterocycles. The first-order valence-electron chi connectivity index (χ1n) is 38.6. The van der Waals surface area contributed by atoms with Crippen LogP contribution in [0.4, 0.5) is 0 Å². The lowest BCUT2D eigenvalue weighted by Gasteiger charge is -2.21. The van der Waals surface area contributed by atoms with Crippen LogP contribution in [0.1, 0.15) is 388 Å². The molecule has 3 N–H and O–H groups in total. The van der Waals surface area contributed by atoms with Gasteiger partial charge in [-0.15, -0.1) is 0 Å². The van der Waals surface area contributed by atoms with Crippen LogP contribution < -0.4 is 0 Å². The topological polar surface area (TPSA) is 237 Å². The number of carbonyl (C=O) groups is 4. The maximum absolute atomic E-state index is 13.1. The maximum Gasteiger partial charge on any atom is 0.472 e. The van der Waals surface area contributed by atoms with Gasteiger partial charge in [0.15, 0.2) is 12.2 Å². The number of carbonyl (C=O) groups excluding carboxylic acids is 4. The quantitative estimate of drug-likeness (QED) is 0.0222. The van der Waals surface area contributed by atoms with Crippen LogP contribution in [-0.2, 0) is 65.4 Å². The monoisotopic (exact) mass is 1370 g/mol. The van der Waals surface area contributed by atoms with E-state index in [1.54, 1.807) is 0 Å². The summed E-state index contributed by atoms with van der Waals surface area (Å²) in [6.07, 6.45) is 55.7. The van der Waals surface area contributed by atoms with E-state index < -0.39 is 97.5 Å². The number of hydrogen-bond donors (Lipinski definition) is 3. The van der Waals surface area contributed by atoms with E-state index in [0.717, 1.165) is 109 Å². The van der Waals surface area contributed by atoms with Gasteiger partial charge in [0, 0.05) is 25.7 Å². The molecule has 0 spiro atoms. The normalized spacial score (nSPS) is 14.0. The Kier molecular flexibility index (Phi) is 65.9. The highest BCUT2D eigenvalue weighted by atomic mass is 31.2. The van der Waals surface area contributed by atoms with Crippen LogP contribution in [0, 0.1) is 5.92 Å². The zero-order chi connectivity index (χ0) is 68.4. The maximum atomic E-state index is 13.1. The fourth-order valence-electron chi connectivity index (χ4n) is 11.4. The molecule has 0 saturated heterocycles. The Labute approximate surface area is 568 Å². The number of aliphatic hydroxyl groups is 1. The van der Waals surface area contributed by atoms with Crippen molar-refractivity contribution in [3.8, 4) is 0 Å². The molecule has 2 unspecified atom stereocenters. The van der Waals surface area contributed by atoms with E-state index in [9.17, 15) is 43.2 Å². The third kappa shape index (κ3) is 68.4. The molecular weight excluding hydrogens is 1220 g/mol. The van der Waals surface area contributed by atoms with Crippen LogP contribution in [0.2, 0.25) is 0 Å². The Morgan fingerprint density at radius 2 is 0.495 bits per heavy atom. The van der Waals surface area contributed by atoms with E-state index in [1.807, 2.05) is 0 Å². The van der Waals surface area contributed by atoms with E-state index in [4.69, 9.17) is 37.0 Å². The van der Waals surface area contributed by atoms with Crippen molar-refractivity contribution in [3.05, 3.63) is 0 Å². The lowest BCUT2D eigenvalue weighted by molar-refractivity contribution is -0.161. The van der Waals surface area contributed by atoms with Crippen LogP contribution in [-0.4, -0.2) is 96.7 Å². The summed E-state index contributed by atoms with van der Waals surface area (Å²) in [5, 5.41) is 10.6. The van der Waals surface area contributed by atoms with Gasteiger partial charge < -0.3 is 33.8 Å². The lowest BCUT2D eigenvalue weighted by atomic mass is 10.0. The second kappa shape index (κ2) is 67.3. The molecule has 0 aliphatic carbocycles. The Balaban J connectivity index is 5.15. The minimum absolute atomic E-state index is 0.105. The van der Waals surface area contributed by atoms with Gasteiger partial charge in [-0.2, -0.15) is 0 Å². The van der Waals surface area contributed by atoms with Crippen molar-refractivity contribution < 1.29 is 80.2 Å². The number of phosphoric ester groups is 2. The number of hydrogen-bond acceptors (Lipinski definition) is 15. The molecule has 0 saturated carbocycles. The van der Waals surface area contributed by atoms with Crippen molar-refractivity contribution >= 4 is 39.5 Å². The van der Waals surface area contributed by atoms with Crippen molar-refractivity contribution in [3.63, 3.8) is 0 Å². The van der Waals surface area contributed by atoms with Crippen LogP contribution in [0.25, 0.3) is 0 Å². The summed E-state index contributed by atoms with van der Waals surface area (Å²) >= 11 is 0. The molecular formula is C74H144O17P2. The molecule has 552 valence electrons.